The molecule has 0 aliphatic heterocycles. The molecule has 0 atom stereocenters. The molecule has 0 spiro atoms. The maximum atomic E-state index is 11.5. The van der Waals surface area contributed by atoms with Gasteiger partial charge < -0.3 is 9.72 Å². The van der Waals surface area contributed by atoms with Crippen molar-refractivity contribution >= 4 is 54.4 Å². The topological polar surface area (TPSA) is 119 Å². The highest BCUT2D eigenvalue weighted by Crippen LogP contribution is 2.36. The molecule has 1 aromatic carbocycles. The number of fused-ring (bicyclic) bond motifs is 1. The van der Waals surface area contributed by atoms with E-state index in [1.54, 1.807) is 6.92 Å². The van der Waals surface area contributed by atoms with Gasteiger partial charge in [0.15, 0.2) is 0 Å². The van der Waals surface area contributed by atoms with Crippen LogP contribution in [0.3, 0.4) is 0 Å². The van der Waals surface area contributed by atoms with E-state index in [0.29, 0.717) is 13.1 Å². The van der Waals surface area contributed by atoms with Crippen molar-refractivity contribution in [3.63, 3.8) is 0 Å². The summed E-state index contributed by atoms with van der Waals surface area (Å²) >= 11 is 5.74. The van der Waals surface area contributed by atoms with Gasteiger partial charge in [-0.1, -0.05) is 11.6 Å². The zero-order valence-corrected chi connectivity index (χ0v) is 14.3. The molecule has 1 aromatic heterocycles. The molecule has 0 unspecified atom stereocenters. The number of H-pyrrole nitrogens is 1. The molecule has 8 nitrogen and oxygen atoms in total. The second-order valence-electron chi connectivity index (χ2n) is 4.17. The van der Waals surface area contributed by atoms with Gasteiger partial charge in [0, 0.05) is 32.9 Å². The molecular formula is C12H12Cl2N2O6S. The summed E-state index contributed by atoms with van der Waals surface area (Å²) in [6, 6.07) is 2.47. The molecule has 126 valence electrons. The Balaban J connectivity index is 0.000000463. The number of aromatic amines is 1. The maximum Gasteiger partial charge on any atom is 0.294 e. The number of non-ortho nitro benzene ring substituents is 1. The lowest BCUT2D eigenvalue weighted by Crippen LogP contribution is -1.92. The van der Waals surface area contributed by atoms with Crippen molar-refractivity contribution in [2.45, 2.75) is 18.7 Å². The van der Waals surface area contributed by atoms with Gasteiger partial charge in [-0.25, -0.2) is 8.42 Å². The number of nitro benzene ring substituents is 1. The Morgan fingerprint density at radius 3 is 2.43 bits per heavy atom. The first-order valence-corrected chi connectivity index (χ1v) is 8.78. The van der Waals surface area contributed by atoms with Crippen molar-refractivity contribution in [1.82, 2.24) is 4.98 Å². The quantitative estimate of drug-likeness (QED) is 0.375. The standard InChI is InChI=1S/C9H6Cl2N2O4S.C3H6O2/c1-4-9(18(11,16)17)6-2-5(10)3-7(13(14)15)8(6)12-4;1-2-5-3-4/h2-3,12H,1H3;3H,2H2,1H3. The Hall–Kier alpha value is -1.84. The fourth-order valence-corrected chi connectivity index (χ4v) is 3.52. The third-order valence-electron chi connectivity index (χ3n) is 2.66. The lowest BCUT2D eigenvalue weighted by Gasteiger charge is -1.97. The number of hydrogen-bond donors (Lipinski definition) is 1. The SMILES string of the molecule is CCOC=O.Cc1[nH]c2c([N+](=O)[O-])cc(Cl)cc2c1S(=O)(=O)Cl. The van der Waals surface area contributed by atoms with Crippen LogP contribution in [0.2, 0.25) is 5.02 Å². The summed E-state index contributed by atoms with van der Waals surface area (Å²) in [7, 11) is 1.29. The summed E-state index contributed by atoms with van der Waals surface area (Å²) in [5, 5.41) is 11.1. The highest BCUT2D eigenvalue weighted by molar-refractivity contribution is 8.14. The molecule has 0 aliphatic rings. The summed E-state index contributed by atoms with van der Waals surface area (Å²) < 4.78 is 27.1. The van der Waals surface area contributed by atoms with E-state index >= 15 is 0 Å². The van der Waals surface area contributed by atoms with Crippen molar-refractivity contribution < 1.29 is 22.9 Å². The molecule has 0 amide bonds. The molecule has 0 saturated heterocycles. The van der Waals surface area contributed by atoms with E-state index in [9.17, 15) is 23.3 Å². The number of aryl methyl sites for hydroxylation is 1. The van der Waals surface area contributed by atoms with Crippen molar-refractivity contribution in [3.8, 4) is 0 Å². The summed E-state index contributed by atoms with van der Waals surface area (Å²) in [4.78, 5) is 21.9. The van der Waals surface area contributed by atoms with E-state index in [1.807, 2.05) is 0 Å². The number of rotatable bonds is 4. The van der Waals surface area contributed by atoms with Crippen molar-refractivity contribution in [2.75, 3.05) is 6.61 Å². The Morgan fingerprint density at radius 1 is 1.43 bits per heavy atom. The van der Waals surface area contributed by atoms with E-state index in [0.717, 1.165) is 6.07 Å². The monoisotopic (exact) mass is 382 g/mol. The number of nitrogens with zero attached hydrogens (tertiary/aromatic N) is 1. The Labute approximate surface area is 140 Å². The molecule has 0 bridgehead atoms. The van der Waals surface area contributed by atoms with Gasteiger partial charge in [-0.15, -0.1) is 0 Å². The molecule has 23 heavy (non-hydrogen) atoms. The highest BCUT2D eigenvalue weighted by Gasteiger charge is 2.25. The second kappa shape index (κ2) is 7.62. The van der Waals surface area contributed by atoms with Crippen molar-refractivity contribution in [3.05, 3.63) is 33.0 Å². The minimum Gasteiger partial charge on any atom is -0.468 e. The van der Waals surface area contributed by atoms with Crippen molar-refractivity contribution in [2.24, 2.45) is 0 Å². The number of benzene rings is 1. The first-order chi connectivity index (χ1) is 10.6. The van der Waals surface area contributed by atoms with E-state index in [4.69, 9.17) is 22.3 Å². The van der Waals surface area contributed by atoms with Crippen LogP contribution in [0.15, 0.2) is 17.0 Å². The Bertz CT molecular complexity index is 847. The molecule has 0 aliphatic carbocycles. The third-order valence-corrected chi connectivity index (χ3v) is 4.35. The van der Waals surface area contributed by atoms with Crippen LogP contribution in [0.5, 0.6) is 0 Å². The Morgan fingerprint density at radius 2 is 2.04 bits per heavy atom. The zero-order chi connectivity index (χ0) is 17.8. The van der Waals surface area contributed by atoms with Crippen LogP contribution in [0, 0.1) is 17.0 Å². The molecule has 2 aromatic rings. The van der Waals surface area contributed by atoms with Crippen LogP contribution in [0.4, 0.5) is 5.69 Å². The third kappa shape index (κ3) is 4.57. The number of carbonyl (C=O) groups excluding carboxylic acids is 1. The molecule has 1 N–H and O–H groups in total. The van der Waals surface area contributed by atoms with E-state index < -0.39 is 14.0 Å². The van der Waals surface area contributed by atoms with Crippen LogP contribution in [-0.2, 0) is 18.6 Å². The molecular weight excluding hydrogens is 371 g/mol. The molecule has 0 radical (unpaired) electrons. The predicted molar refractivity (Wildman–Crippen MR) is 85.4 cm³/mol. The largest absolute Gasteiger partial charge is 0.468 e. The highest BCUT2D eigenvalue weighted by atomic mass is 35.7. The van der Waals surface area contributed by atoms with Crippen LogP contribution in [-0.4, -0.2) is 31.4 Å². The molecule has 11 heteroatoms. The predicted octanol–water partition coefficient (Wildman–Crippen LogP) is 3.14. The Kier molecular flexibility index (Phi) is 6.37. The number of halogens is 2. The first-order valence-electron chi connectivity index (χ1n) is 6.09. The second-order valence-corrected chi connectivity index (χ2v) is 7.11. The number of hydrogen-bond acceptors (Lipinski definition) is 6. The van der Waals surface area contributed by atoms with Gasteiger partial charge in [-0.3, -0.25) is 14.9 Å². The maximum absolute atomic E-state index is 11.5. The summed E-state index contributed by atoms with van der Waals surface area (Å²) in [6.07, 6.45) is 0. The summed E-state index contributed by atoms with van der Waals surface area (Å²) in [5.74, 6) is 0. The minimum atomic E-state index is -4.02. The van der Waals surface area contributed by atoms with Gasteiger partial charge >= 0.3 is 0 Å². The number of ether oxygens (including phenoxy) is 1. The first kappa shape index (κ1) is 19.2. The number of nitrogens with one attached hydrogen (secondary N) is 1. The van der Waals surface area contributed by atoms with Crippen LogP contribution in [0.25, 0.3) is 10.9 Å². The van der Waals surface area contributed by atoms with Gasteiger partial charge in [-0.05, 0) is 19.9 Å². The average molecular weight is 383 g/mol. The fraction of sp³-hybridized carbons (Fsp3) is 0.250. The molecule has 2 rings (SSSR count). The number of aromatic nitrogens is 1. The molecule has 1 heterocycles. The van der Waals surface area contributed by atoms with Gasteiger partial charge in [-0.2, -0.15) is 0 Å². The smallest absolute Gasteiger partial charge is 0.294 e. The minimum absolute atomic E-state index is 0.0646. The number of carbonyl (C=O) groups is 1. The van der Waals surface area contributed by atoms with Crippen molar-refractivity contribution in [1.29, 1.82) is 0 Å². The van der Waals surface area contributed by atoms with Gasteiger partial charge in [0.2, 0.25) is 0 Å². The van der Waals surface area contributed by atoms with E-state index in [2.05, 4.69) is 9.72 Å². The van der Waals surface area contributed by atoms with Crippen LogP contribution in [0.1, 0.15) is 12.6 Å². The fourth-order valence-electron chi connectivity index (χ4n) is 1.88. The lowest BCUT2D eigenvalue weighted by atomic mass is 10.2. The van der Waals surface area contributed by atoms with Gasteiger partial charge in [0.25, 0.3) is 21.2 Å². The zero-order valence-electron chi connectivity index (χ0n) is 12.0. The summed E-state index contributed by atoms with van der Waals surface area (Å²) in [5.41, 5.74) is 0.0126. The normalized spacial score (nSPS) is 10.8. The summed E-state index contributed by atoms with van der Waals surface area (Å²) in [6.45, 7) is 4.13. The molecule has 0 fully saturated rings. The lowest BCUT2D eigenvalue weighted by molar-refractivity contribution is -0.383. The van der Waals surface area contributed by atoms with Crippen LogP contribution >= 0.6 is 22.3 Å². The van der Waals surface area contributed by atoms with Crippen LogP contribution < -0.4 is 0 Å². The average Bonchev–Trinajstić information content (AvgIpc) is 2.74. The van der Waals surface area contributed by atoms with E-state index in [1.165, 1.54) is 13.0 Å². The van der Waals surface area contributed by atoms with Gasteiger partial charge in [0.05, 0.1) is 11.5 Å². The number of nitro groups is 1. The van der Waals surface area contributed by atoms with Gasteiger partial charge in [0.1, 0.15) is 10.4 Å². The molecule has 0 saturated carbocycles. The van der Waals surface area contributed by atoms with E-state index in [-0.39, 0.29) is 32.2 Å².